The normalized spacial score (nSPS) is 12.5. The Hall–Kier alpha value is -1.06. The lowest BCUT2D eigenvalue weighted by molar-refractivity contribution is -0.143. The summed E-state index contributed by atoms with van der Waals surface area (Å²) < 4.78 is 0. The highest BCUT2D eigenvalue weighted by Crippen LogP contribution is 2.20. The minimum atomic E-state index is -0.698. The molecule has 0 saturated carbocycles. The minimum Gasteiger partial charge on any atom is -0.481 e. The van der Waals surface area contributed by atoms with Gasteiger partial charge in [-0.25, -0.2) is 0 Å². The van der Waals surface area contributed by atoms with Crippen molar-refractivity contribution in [2.24, 2.45) is 11.8 Å². The van der Waals surface area contributed by atoms with Crippen molar-refractivity contribution in [1.29, 1.82) is 0 Å². The first kappa shape index (κ1) is 19.9. The molecule has 21 heavy (non-hydrogen) atoms. The van der Waals surface area contributed by atoms with Gasteiger partial charge in [0.25, 0.3) is 0 Å². The van der Waals surface area contributed by atoms with Crippen molar-refractivity contribution in [3.8, 4) is 0 Å². The molecule has 0 heterocycles. The van der Waals surface area contributed by atoms with Crippen molar-refractivity contribution < 1.29 is 19.8 Å². The molecule has 0 radical (unpaired) electrons. The predicted molar refractivity (Wildman–Crippen MR) is 84.4 cm³/mol. The van der Waals surface area contributed by atoms with Gasteiger partial charge in [-0.1, -0.05) is 65.2 Å². The van der Waals surface area contributed by atoms with Crippen LogP contribution in [0.5, 0.6) is 0 Å². The van der Waals surface area contributed by atoms with Gasteiger partial charge < -0.3 is 10.2 Å². The molecule has 0 aliphatic heterocycles. The fraction of sp³-hybridized carbons (Fsp3) is 0.882. The third-order valence-electron chi connectivity index (χ3n) is 4.03. The van der Waals surface area contributed by atoms with Gasteiger partial charge in [-0.3, -0.25) is 9.59 Å². The molecule has 0 bridgehead atoms. The van der Waals surface area contributed by atoms with Crippen molar-refractivity contribution in [3.05, 3.63) is 0 Å². The Labute approximate surface area is 128 Å². The molecule has 0 aromatic carbocycles. The Kier molecular flexibility index (Phi) is 12.0. The lowest BCUT2D eigenvalue weighted by Crippen LogP contribution is -2.19. The molecule has 0 aromatic heterocycles. The molecule has 0 fully saturated rings. The number of hydrogen-bond acceptors (Lipinski definition) is 2. The Morgan fingerprint density at radius 1 is 0.762 bits per heavy atom. The molecule has 1 atom stereocenters. The molecule has 0 aliphatic rings. The molecule has 4 nitrogen and oxygen atoms in total. The molecule has 2 N–H and O–H groups in total. The van der Waals surface area contributed by atoms with Crippen LogP contribution in [0.1, 0.15) is 84.5 Å². The zero-order valence-electron chi connectivity index (χ0n) is 13.6. The second-order valence-corrected chi connectivity index (χ2v) is 6.30. The summed E-state index contributed by atoms with van der Waals surface area (Å²) >= 11 is 0. The van der Waals surface area contributed by atoms with Crippen LogP contribution in [-0.4, -0.2) is 22.2 Å². The lowest BCUT2D eigenvalue weighted by Gasteiger charge is -2.15. The Morgan fingerprint density at radius 3 is 1.57 bits per heavy atom. The first-order chi connectivity index (χ1) is 9.95. The van der Waals surface area contributed by atoms with E-state index in [2.05, 4.69) is 0 Å². The molecule has 1 unspecified atom stereocenters. The van der Waals surface area contributed by atoms with Gasteiger partial charge in [0.15, 0.2) is 0 Å². The predicted octanol–water partition coefficient (Wildman–Crippen LogP) is 4.72. The fourth-order valence-electron chi connectivity index (χ4n) is 2.62. The first-order valence-electron chi connectivity index (χ1n) is 8.39. The third-order valence-corrected chi connectivity index (χ3v) is 4.03. The van der Waals surface area contributed by atoms with Crippen LogP contribution in [0.2, 0.25) is 0 Å². The van der Waals surface area contributed by atoms with Crippen molar-refractivity contribution in [2.45, 2.75) is 84.5 Å². The number of carboxylic acid groups (broad SMARTS) is 2. The van der Waals surface area contributed by atoms with Gasteiger partial charge in [0.2, 0.25) is 0 Å². The smallest absolute Gasteiger partial charge is 0.306 e. The highest BCUT2D eigenvalue weighted by atomic mass is 16.4. The summed E-state index contributed by atoms with van der Waals surface area (Å²) in [4.78, 5) is 21.4. The number of aliphatic carboxylic acids is 2. The monoisotopic (exact) mass is 300 g/mol. The van der Waals surface area contributed by atoms with Crippen LogP contribution in [-0.2, 0) is 9.59 Å². The summed E-state index contributed by atoms with van der Waals surface area (Å²) in [5.74, 6) is -1.34. The van der Waals surface area contributed by atoms with Crippen LogP contribution in [0.25, 0.3) is 0 Å². The average Bonchev–Trinajstić information content (AvgIpc) is 2.38. The second-order valence-electron chi connectivity index (χ2n) is 6.30. The topological polar surface area (TPSA) is 74.6 Å². The summed E-state index contributed by atoms with van der Waals surface area (Å²) in [5, 5.41) is 17.6. The SMILES string of the molecule is CC(C)C(CCCCCCCCCCCC(=O)O)C(=O)O. The van der Waals surface area contributed by atoms with Gasteiger partial charge in [0, 0.05) is 6.42 Å². The van der Waals surface area contributed by atoms with Crippen LogP contribution in [0, 0.1) is 11.8 Å². The molecule has 0 aliphatic carbocycles. The van der Waals surface area contributed by atoms with E-state index in [0.29, 0.717) is 6.42 Å². The molecular weight excluding hydrogens is 268 g/mol. The fourth-order valence-corrected chi connectivity index (χ4v) is 2.62. The van der Waals surface area contributed by atoms with Gasteiger partial charge >= 0.3 is 11.9 Å². The number of rotatable bonds is 14. The summed E-state index contributed by atoms with van der Waals surface area (Å²) in [7, 11) is 0. The van der Waals surface area contributed by atoms with Crippen molar-refractivity contribution in [1.82, 2.24) is 0 Å². The highest BCUT2D eigenvalue weighted by molar-refractivity contribution is 5.70. The number of hydrogen-bond donors (Lipinski definition) is 2. The largest absolute Gasteiger partial charge is 0.481 e. The summed E-state index contributed by atoms with van der Waals surface area (Å²) in [6.07, 6.45) is 10.9. The van der Waals surface area contributed by atoms with E-state index in [4.69, 9.17) is 10.2 Å². The second kappa shape index (κ2) is 12.7. The van der Waals surface area contributed by atoms with E-state index in [0.717, 1.165) is 38.5 Å². The quantitative estimate of drug-likeness (QED) is 0.455. The standard InChI is InChI=1S/C17H32O4/c1-14(2)15(17(20)21)12-10-8-6-4-3-5-7-9-11-13-16(18)19/h14-15H,3-13H2,1-2H3,(H,18,19)(H,20,21). The maximum absolute atomic E-state index is 11.0. The van der Waals surface area contributed by atoms with Crippen molar-refractivity contribution >= 4 is 11.9 Å². The molecule has 124 valence electrons. The Bertz CT molecular complexity index is 287. The lowest BCUT2D eigenvalue weighted by atomic mass is 9.90. The van der Waals surface area contributed by atoms with E-state index in [9.17, 15) is 9.59 Å². The maximum Gasteiger partial charge on any atom is 0.306 e. The van der Waals surface area contributed by atoms with E-state index >= 15 is 0 Å². The maximum atomic E-state index is 11.0. The Morgan fingerprint density at radius 2 is 1.19 bits per heavy atom. The van der Waals surface area contributed by atoms with Crippen LogP contribution in [0.3, 0.4) is 0 Å². The van der Waals surface area contributed by atoms with Gasteiger partial charge in [-0.05, 0) is 18.8 Å². The van der Waals surface area contributed by atoms with E-state index in [1.165, 1.54) is 25.7 Å². The average molecular weight is 300 g/mol. The summed E-state index contributed by atoms with van der Waals surface area (Å²) in [6, 6.07) is 0. The van der Waals surface area contributed by atoms with Gasteiger partial charge in [0.05, 0.1) is 5.92 Å². The van der Waals surface area contributed by atoms with Crippen LogP contribution in [0.4, 0.5) is 0 Å². The molecule has 0 aromatic rings. The molecule has 0 spiro atoms. The van der Waals surface area contributed by atoms with Crippen molar-refractivity contribution in [2.75, 3.05) is 0 Å². The van der Waals surface area contributed by atoms with E-state index in [-0.39, 0.29) is 11.8 Å². The molecule has 0 amide bonds. The van der Waals surface area contributed by atoms with Crippen LogP contribution in [0.15, 0.2) is 0 Å². The van der Waals surface area contributed by atoms with Crippen molar-refractivity contribution in [3.63, 3.8) is 0 Å². The van der Waals surface area contributed by atoms with E-state index < -0.39 is 11.9 Å². The highest BCUT2D eigenvalue weighted by Gasteiger charge is 2.20. The molecular formula is C17H32O4. The molecule has 0 saturated heterocycles. The number of unbranched alkanes of at least 4 members (excludes halogenated alkanes) is 8. The third kappa shape index (κ3) is 12.4. The van der Waals surface area contributed by atoms with E-state index in [1.807, 2.05) is 13.8 Å². The molecule has 0 rings (SSSR count). The zero-order valence-corrected chi connectivity index (χ0v) is 13.6. The van der Waals surface area contributed by atoms with Gasteiger partial charge in [-0.15, -0.1) is 0 Å². The van der Waals surface area contributed by atoms with Crippen LogP contribution >= 0.6 is 0 Å². The zero-order chi connectivity index (χ0) is 16.1. The van der Waals surface area contributed by atoms with Crippen LogP contribution < -0.4 is 0 Å². The van der Waals surface area contributed by atoms with E-state index in [1.54, 1.807) is 0 Å². The summed E-state index contributed by atoms with van der Waals surface area (Å²) in [5.41, 5.74) is 0. The Balaban J connectivity index is 3.32. The van der Waals surface area contributed by atoms with Gasteiger partial charge in [-0.2, -0.15) is 0 Å². The number of carboxylic acids is 2. The van der Waals surface area contributed by atoms with Gasteiger partial charge in [0.1, 0.15) is 0 Å². The first-order valence-corrected chi connectivity index (χ1v) is 8.39. The summed E-state index contributed by atoms with van der Waals surface area (Å²) in [6.45, 7) is 3.95. The minimum absolute atomic E-state index is 0.195. The number of carbonyl (C=O) groups is 2. The molecule has 4 heteroatoms.